The molecule has 0 aromatic heterocycles. The van der Waals surface area contributed by atoms with Crippen LogP contribution in [0.3, 0.4) is 0 Å². The lowest BCUT2D eigenvalue weighted by Crippen LogP contribution is -2.42. The molecule has 1 unspecified atom stereocenters. The largest absolute Gasteiger partial charge is 0.490 e. The van der Waals surface area contributed by atoms with Gasteiger partial charge in [-0.05, 0) is 55.8 Å². The summed E-state index contributed by atoms with van der Waals surface area (Å²) in [6.07, 6.45) is -0.275. The van der Waals surface area contributed by atoms with E-state index in [1.807, 2.05) is 26.0 Å². The molecule has 1 aliphatic rings. The Morgan fingerprint density at radius 3 is 2.43 bits per heavy atom. The summed E-state index contributed by atoms with van der Waals surface area (Å²) in [6, 6.07) is 10.6. The molecule has 1 saturated heterocycles. The lowest BCUT2D eigenvalue weighted by molar-refractivity contribution is -0.0228. The fourth-order valence-electron chi connectivity index (χ4n) is 3.16. The number of amides is 1. The van der Waals surface area contributed by atoms with E-state index in [1.54, 1.807) is 29.2 Å². The smallest absolute Gasteiger partial charge is 0.254 e. The highest BCUT2D eigenvalue weighted by atomic mass is 35.5. The van der Waals surface area contributed by atoms with Crippen molar-refractivity contribution in [1.82, 2.24) is 4.90 Å². The van der Waals surface area contributed by atoms with Gasteiger partial charge in [0.25, 0.3) is 5.91 Å². The molecule has 1 fully saturated rings. The topological polar surface area (TPSA) is 48.0 Å². The van der Waals surface area contributed by atoms with Gasteiger partial charge in [0, 0.05) is 22.2 Å². The molecule has 28 heavy (non-hydrogen) atoms. The SMILES string of the molecule is CCOc1ccc(C(=O)N2CCOC(c3cc(Cl)cc(Cl)c3)C2)cc1OCC. The second-order valence-corrected chi connectivity index (χ2v) is 7.21. The van der Waals surface area contributed by atoms with E-state index in [2.05, 4.69) is 0 Å². The number of ether oxygens (including phenoxy) is 3. The molecule has 2 aromatic carbocycles. The van der Waals surface area contributed by atoms with E-state index in [0.29, 0.717) is 60.0 Å². The van der Waals surface area contributed by atoms with Gasteiger partial charge in [0.05, 0.1) is 26.4 Å². The van der Waals surface area contributed by atoms with Crippen molar-refractivity contribution in [2.24, 2.45) is 0 Å². The van der Waals surface area contributed by atoms with Crippen molar-refractivity contribution in [2.45, 2.75) is 20.0 Å². The van der Waals surface area contributed by atoms with Gasteiger partial charge in [0.1, 0.15) is 6.10 Å². The van der Waals surface area contributed by atoms with Gasteiger partial charge in [0.15, 0.2) is 11.5 Å². The molecular formula is C21H23Cl2NO4. The number of nitrogens with zero attached hydrogens (tertiary/aromatic N) is 1. The van der Waals surface area contributed by atoms with Crippen LogP contribution >= 0.6 is 23.2 Å². The number of rotatable bonds is 6. The van der Waals surface area contributed by atoms with Gasteiger partial charge in [-0.15, -0.1) is 0 Å². The normalized spacial score (nSPS) is 16.7. The highest BCUT2D eigenvalue weighted by Gasteiger charge is 2.27. The Kier molecular flexibility index (Phi) is 7.05. The molecule has 0 aliphatic carbocycles. The van der Waals surface area contributed by atoms with Crippen molar-refractivity contribution in [3.63, 3.8) is 0 Å². The molecule has 1 atom stereocenters. The molecule has 0 spiro atoms. The third-order valence-electron chi connectivity index (χ3n) is 4.40. The van der Waals surface area contributed by atoms with Crippen molar-refractivity contribution in [2.75, 3.05) is 32.9 Å². The number of hydrogen-bond donors (Lipinski definition) is 0. The minimum atomic E-state index is -0.275. The molecule has 2 aromatic rings. The summed E-state index contributed by atoms with van der Waals surface area (Å²) in [5.74, 6) is 1.13. The maximum Gasteiger partial charge on any atom is 0.254 e. The Morgan fingerprint density at radius 2 is 1.75 bits per heavy atom. The Balaban J connectivity index is 1.79. The molecular weight excluding hydrogens is 401 g/mol. The highest BCUT2D eigenvalue weighted by Crippen LogP contribution is 2.31. The first-order valence-corrected chi connectivity index (χ1v) is 10.0. The predicted molar refractivity (Wildman–Crippen MR) is 110 cm³/mol. The van der Waals surface area contributed by atoms with Crippen molar-refractivity contribution in [3.05, 3.63) is 57.6 Å². The van der Waals surface area contributed by atoms with Gasteiger partial charge in [-0.2, -0.15) is 0 Å². The zero-order valence-electron chi connectivity index (χ0n) is 15.9. The molecule has 3 rings (SSSR count). The number of carbonyl (C=O) groups is 1. The summed E-state index contributed by atoms with van der Waals surface area (Å²) >= 11 is 12.2. The van der Waals surface area contributed by atoms with Crippen LogP contribution in [0.2, 0.25) is 10.0 Å². The average Bonchev–Trinajstić information content (AvgIpc) is 2.68. The number of hydrogen-bond acceptors (Lipinski definition) is 4. The number of halogens is 2. The first-order chi connectivity index (χ1) is 13.5. The van der Waals surface area contributed by atoms with E-state index < -0.39 is 0 Å². The third-order valence-corrected chi connectivity index (χ3v) is 4.84. The number of carbonyl (C=O) groups excluding carboxylic acids is 1. The molecule has 5 nitrogen and oxygen atoms in total. The Bertz CT molecular complexity index is 823. The number of morpholine rings is 1. The van der Waals surface area contributed by atoms with Gasteiger partial charge in [-0.25, -0.2) is 0 Å². The average molecular weight is 424 g/mol. The first kappa shape index (κ1) is 20.8. The zero-order chi connectivity index (χ0) is 20.1. The van der Waals surface area contributed by atoms with Crippen molar-refractivity contribution < 1.29 is 19.0 Å². The number of benzene rings is 2. The molecule has 0 bridgehead atoms. The van der Waals surface area contributed by atoms with E-state index in [-0.39, 0.29) is 12.0 Å². The maximum atomic E-state index is 13.1. The minimum absolute atomic E-state index is 0.0783. The molecule has 1 amide bonds. The molecule has 0 saturated carbocycles. The van der Waals surface area contributed by atoms with Crippen LogP contribution in [-0.4, -0.2) is 43.7 Å². The summed E-state index contributed by atoms with van der Waals surface area (Å²) in [7, 11) is 0. The highest BCUT2D eigenvalue weighted by molar-refractivity contribution is 6.34. The van der Waals surface area contributed by atoms with Gasteiger partial charge in [0.2, 0.25) is 0 Å². The standard InChI is InChI=1S/C21H23Cl2NO4/c1-3-26-18-6-5-14(11-19(18)27-4-2)21(25)24-7-8-28-20(13-24)15-9-16(22)12-17(23)10-15/h5-6,9-12,20H,3-4,7-8,13H2,1-2H3. The van der Waals surface area contributed by atoms with Crippen LogP contribution in [-0.2, 0) is 4.74 Å². The summed E-state index contributed by atoms with van der Waals surface area (Å²) in [5, 5.41) is 1.09. The van der Waals surface area contributed by atoms with Crippen LogP contribution in [0, 0.1) is 0 Å². The second-order valence-electron chi connectivity index (χ2n) is 6.34. The van der Waals surface area contributed by atoms with Crippen LogP contribution in [0.15, 0.2) is 36.4 Å². The van der Waals surface area contributed by atoms with E-state index in [1.165, 1.54) is 0 Å². The summed E-state index contributed by atoms with van der Waals surface area (Å²) in [4.78, 5) is 14.8. The molecule has 1 heterocycles. The van der Waals surface area contributed by atoms with E-state index in [9.17, 15) is 4.79 Å². The Hall–Kier alpha value is -1.95. The maximum absolute atomic E-state index is 13.1. The molecule has 7 heteroatoms. The monoisotopic (exact) mass is 423 g/mol. The Morgan fingerprint density at radius 1 is 1.07 bits per heavy atom. The Labute approximate surface area is 175 Å². The molecule has 0 N–H and O–H groups in total. The van der Waals surface area contributed by atoms with E-state index >= 15 is 0 Å². The molecule has 0 radical (unpaired) electrons. The predicted octanol–water partition coefficient (Wildman–Crippen LogP) is 5.00. The minimum Gasteiger partial charge on any atom is -0.490 e. The summed E-state index contributed by atoms with van der Waals surface area (Å²) in [6.45, 7) is 6.20. The van der Waals surface area contributed by atoms with Gasteiger partial charge < -0.3 is 19.1 Å². The van der Waals surface area contributed by atoms with E-state index in [4.69, 9.17) is 37.4 Å². The fraction of sp³-hybridized carbons (Fsp3) is 0.381. The lowest BCUT2D eigenvalue weighted by atomic mass is 10.1. The van der Waals surface area contributed by atoms with Crippen LogP contribution in [0.5, 0.6) is 11.5 Å². The van der Waals surface area contributed by atoms with Crippen molar-refractivity contribution in [1.29, 1.82) is 0 Å². The fourth-order valence-corrected chi connectivity index (χ4v) is 3.71. The quantitative estimate of drug-likeness (QED) is 0.655. The third kappa shape index (κ3) is 4.90. The van der Waals surface area contributed by atoms with Crippen molar-refractivity contribution in [3.8, 4) is 11.5 Å². The van der Waals surface area contributed by atoms with Crippen LogP contribution in [0.1, 0.15) is 35.9 Å². The second kappa shape index (κ2) is 9.50. The van der Waals surface area contributed by atoms with Crippen molar-refractivity contribution >= 4 is 29.1 Å². The summed E-state index contributed by atoms with van der Waals surface area (Å²) < 4.78 is 17.1. The van der Waals surface area contributed by atoms with Crippen LogP contribution in [0.25, 0.3) is 0 Å². The lowest BCUT2D eigenvalue weighted by Gasteiger charge is -2.33. The van der Waals surface area contributed by atoms with Gasteiger partial charge >= 0.3 is 0 Å². The van der Waals surface area contributed by atoms with Gasteiger partial charge in [-0.3, -0.25) is 4.79 Å². The zero-order valence-corrected chi connectivity index (χ0v) is 17.4. The van der Waals surface area contributed by atoms with Gasteiger partial charge in [-0.1, -0.05) is 23.2 Å². The summed E-state index contributed by atoms with van der Waals surface area (Å²) in [5.41, 5.74) is 1.41. The van der Waals surface area contributed by atoms with E-state index in [0.717, 1.165) is 5.56 Å². The molecule has 150 valence electrons. The van der Waals surface area contributed by atoms with Crippen LogP contribution in [0.4, 0.5) is 0 Å². The van der Waals surface area contributed by atoms with Crippen LogP contribution < -0.4 is 9.47 Å². The first-order valence-electron chi connectivity index (χ1n) is 9.28. The molecule has 1 aliphatic heterocycles.